The number of aromatic nitrogens is 1. The van der Waals surface area contributed by atoms with Gasteiger partial charge in [-0.1, -0.05) is 0 Å². The summed E-state index contributed by atoms with van der Waals surface area (Å²) in [6, 6.07) is 3.88. The van der Waals surface area contributed by atoms with E-state index in [1.54, 1.807) is 11.0 Å². The number of rotatable bonds is 3. The van der Waals surface area contributed by atoms with Crippen LogP contribution in [0, 0.1) is 5.82 Å². The molecule has 0 atom stereocenters. The number of H-pyrrole nitrogens is 1. The molecule has 2 aromatic rings. The fourth-order valence-corrected chi connectivity index (χ4v) is 3.43. The van der Waals surface area contributed by atoms with Crippen LogP contribution in [0.25, 0.3) is 10.9 Å². The van der Waals surface area contributed by atoms with E-state index >= 15 is 0 Å². The van der Waals surface area contributed by atoms with Crippen LogP contribution in [0.15, 0.2) is 18.2 Å². The zero-order chi connectivity index (χ0) is 18.3. The highest BCUT2D eigenvalue weighted by Crippen LogP contribution is 2.28. The molecule has 0 saturated carbocycles. The molecule has 4 rings (SSSR count). The summed E-state index contributed by atoms with van der Waals surface area (Å²) in [4.78, 5) is 41.4. The number of hydrogen-bond acceptors (Lipinski definition) is 3. The van der Waals surface area contributed by atoms with Crippen LogP contribution < -0.4 is 10.6 Å². The molecule has 0 aliphatic carbocycles. The highest BCUT2D eigenvalue weighted by Gasteiger charge is 2.28. The van der Waals surface area contributed by atoms with Crippen LogP contribution in [0.1, 0.15) is 11.3 Å². The molecule has 1 aromatic carbocycles. The Morgan fingerprint density at radius 3 is 2.92 bits per heavy atom. The van der Waals surface area contributed by atoms with Crippen molar-refractivity contribution in [1.29, 1.82) is 0 Å². The van der Waals surface area contributed by atoms with Gasteiger partial charge in [-0.05, 0) is 18.2 Å². The summed E-state index contributed by atoms with van der Waals surface area (Å²) >= 11 is 0. The number of fused-ring (bicyclic) bond motifs is 3. The van der Waals surface area contributed by atoms with E-state index in [2.05, 4.69) is 15.6 Å². The van der Waals surface area contributed by atoms with Crippen LogP contribution in [-0.2, 0) is 17.8 Å². The maximum Gasteiger partial charge on any atom is 0.324 e. The first kappa shape index (κ1) is 16.4. The summed E-state index contributed by atoms with van der Waals surface area (Å²) < 4.78 is 13.5. The summed E-state index contributed by atoms with van der Waals surface area (Å²) in [6.07, 6.45) is 0.659. The first-order chi connectivity index (χ1) is 12.5. The molecule has 9 heteroatoms. The van der Waals surface area contributed by atoms with Gasteiger partial charge in [-0.15, -0.1) is 0 Å². The molecule has 0 radical (unpaired) electrons. The highest BCUT2D eigenvalue weighted by molar-refractivity contribution is 6.01. The summed E-state index contributed by atoms with van der Waals surface area (Å²) in [6.45, 7) is 1.24. The average Bonchev–Trinajstić information content (AvgIpc) is 3.15. The molecular formula is C17H18FN5O3. The maximum absolute atomic E-state index is 13.5. The lowest BCUT2D eigenvalue weighted by Crippen LogP contribution is -2.45. The second kappa shape index (κ2) is 6.32. The zero-order valence-corrected chi connectivity index (χ0v) is 14.0. The predicted octanol–water partition coefficient (Wildman–Crippen LogP) is 0.927. The van der Waals surface area contributed by atoms with Crippen molar-refractivity contribution < 1.29 is 18.8 Å². The Bertz CT molecular complexity index is 893. The number of hydrogen-bond donors (Lipinski definition) is 3. The quantitative estimate of drug-likeness (QED) is 0.711. The molecular weight excluding hydrogens is 341 g/mol. The fourth-order valence-electron chi connectivity index (χ4n) is 3.43. The summed E-state index contributed by atoms with van der Waals surface area (Å²) in [5.74, 6) is -0.609. The van der Waals surface area contributed by atoms with Crippen LogP contribution in [0.3, 0.4) is 0 Å². The van der Waals surface area contributed by atoms with E-state index in [9.17, 15) is 18.8 Å². The van der Waals surface area contributed by atoms with Crippen LogP contribution in [0.4, 0.5) is 14.0 Å². The van der Waals surface area contributed by atoms with Crippen LogP contribution >= 0.6 is 0 Å². The number of nitrogens with one attached hydrogen (secondary N) is 3. The molecule has 1 saturated heterocycles. The lowest BCUT2D eigenvalue weighted by atomic mass is 10.0. The number of carbonyl (C=O) groups is 3. The first-order valence-electron chi connectivity index (χ1n) is 8.43. The van der Waals surface area contributed by atoms with Gasteiger partial charge in [0.1, 0.15) is 5.82 Å². The predicted molar refractivity (Wildman–Crippen MR) is 90.9 cm³/mol. The third-order valence-corrected chi connectivity index (χ3v) is 4.77. The second-order valence-corrected chi connectivity index (χ2v) is 6.38. The smallest absolute Gasteiger partial charge is 0.324 e. The zero-order valence-electron chi connectivity index (χ0n) is 14.0. The molecule has 5 amide bonds. The average molecular weight is 359 g/mol. The minimum atomic E-state index is -0.437. The van der Waals surface area contributed by atoms with Gasteiger partial charge in [0, 0.05) is 54.8 Å². The number of aromatic amines is 1. The molecule has 3 heterocycles. The van der Waals surface area contributed by atoms with E-state index < -0.39 is 6.03 Å². The topological polar surface area (TPSA) is 97.5 Å². The molecule has 2 aliphatic heterocycles. The van der Waals surface area contributed by atoms with Gasteiger partial charge < -0.3 is 20.5 Å². The van der Waals surface area contributed by atoms with Gasteiger partial charge in [0.05, 0.1) is 6.54 Å². The summed E-state index contributed by atoms with van der Waals surface area (Å²) in [5, 5.41) is 5.95. The Kier molecular flexibility index (Phi) is 3.98. The van der Waals surface area contributed by atoms with E-state index in [1.165, 1.54) is 12.1 Å². The number of amides is 5. The van der Waals surface area contributed by atoms with E-state index in [0.29, 0.717) is 19.5 Å². The SMILES string of the molecule is O=C(NCCN1C(=O)CNC1=O)N1CCc2[nH]c3ccc(F)cc3c2C1. The van der Waals surface area contributed by atoms with Crippen molar-refractivity contribution in [3.8, 4) is 0 Å². The van der Waals surface area contributed by atoms with Crippen molar-refractivity contribution in [2.75, 3.05) is 26.2 Å². The monoisotopic (exact) mass is 359 g/mol. The van der Waals surface area contributed by atoms with Crippen molar-refractivity contribution in [2.24, 2.45) is 0 Å². The Hall–Kier alpha value is -3.10. The van der Waals surface area contributed by atoms with Gasteiger partial charge >= 0.3 is 12.1 Å². The normalized spacial score (nSPS) is 16.8. The lowest BCUT2D eigenvalue weighted by Gasteiger charge is -2.27. The number of benzene rings is 1. The standard InChI is InChI=1S/C17H18FN5O3/c18-10-1-2-13-11(7-10)12-9-22(5-3-14(12)21-13)16(25)19-4-6-23-15(24)8-20-17(23)26/h1-2,7,21H,3-6,8-9H2,(H,19,25)(H,20,26). The van der Waals surface area contributed by atoms with Gasteiger partial charge in [-0.25, -0.2) is 14.0 Å². The van der Waals surface area contributed by atoms with Gasteiger partial charge in [0.15, 0.2) is 0 Å². The molecule has 0 unspecified atom stereocenters. The highest BCUT2D eigenvalue weighted by atomic mass is 19.1. The molecule has 26 heavy (non-hydrogen) atoms. The number of carbonyl (C=O) groups excluding carboxylic acids is 3. The molecule has 0 bridgehead atoms. The number of imide groups is 1. The second-order valence-electron chi connectivity index (χ2n) is 6.38. The van der Waals surface area contributed by atoms with Crippen LogP contribution in [-0.4, -0.2) is 58.9 Å². The maximum atomic E-state index is 13.5. The molecule has 0 spiro atoms. The molecule has 2 aliphatic rings. The van der Waals surface area contributed by atoms with Crippen molar-refractivity contribution in [2.45, 2.75) is 13.0 Å². The third-order valence-electron chi connectivity index (χ3n) is 4.77. The summed E-state index contributed by atoms with van der Waals surface area (Å²) in [7, 11) is 0. The summed E-state index contributed by atoms with van der Waals surface area (Å²) in [5.41, 5.74) is 2.81. The molecule has 8 nitrogen and oxygen atoms in total. The Morgan fingerprint density at radius 1 is 1.31 bits per heavy atom. The number of urea groups is 2. The van der Waals surface area contributed by atoms with Gasteiger partial charge in [0.2, 0.25) is 5.91 Å². The Morgan fingerprint density at radius 2 is 2.15 bits per heavy atom. The van der Waals surface area contributed by atoms with Crippen molar-refractivity contribution in [1.82, 2.24) is 25.4 Å². The van der Waals surface area contributed by atoms with E-state index in [1.807, 2.05) is 0 Å². The van der Waals surface area contributed by atoms with Gasteiger partial charge in [0.25, 0.3) is 0 Å². The fraction of sp³-hybridized carbons (Fsp3) is 0.353. The minimum absolute atomic E-state index is 0.00119. The molecule has 3 N–H and O–H groups in total. The van der Waals surface area contributed by atoms with Crippen LogP contribution in [0.2, 0.25) is 0 Å². The molecule has 1 aromatic heterocycles. The van der Waals surface area contributed by atoms with Crippen molar-refractivity contribution >= 4 is 28.9 Å². The minimum Gasteiger partial charge on any atom is -0.358 e. The van der Waals surface area contributed by atoms with Crippen molar-refractivity contribution in [3.05, 3.63) is 35.3 Å². The van der Waals surface area contributed by atoms with Gasteiger partial charge in [-0.2, -0.15) is 0 Å². The largest absolute Gasteiger partial charge is 0.358 e. The first-order valence-corrected chi connectivity index (χ1v) is 8.43. The number of nitrogens with zero attached hydrogens (tertiary/aromatic N) is 2. The van der Waals surface area contributed by atoms with Crippen molar-refractivity contribution in [3.63, 3.8) is 0 Å². The van der Waals surface area contributed by atoms with E-state index in [-0.39, 0.29) is 37.4 Å². The van der Waals surface area contributed by atoms with E-state index in [0.717, 1.165) is 27.1 Å². The lowest BCUT2D eigenvalue weighted by molar-refractivity contribution is -0.124. The van der Waals surface area contributed by atoms with Crippen LogP contribution in [0.5, 0.6) is 0 Å². The number of halogens is 1. The Labute approximate surface area is 148 Å². The molecule has 1 fully saturated rings. The molecule has 136 valence electrons. The third kappa shape index (κ3) is 2.85. The Balaban J connectivity index is 1.39. The van der Waals surface area contributed by atoms with Gasteiger partial charge in [-0.3, -0.25) is 9.69 Å². The van der Waals surface area contributed by atoms with E-state index in [4.69, 9.17) is 0 Å².